The SMILES string of the molecule is CC(CBr)(NC(=O)c1ccc(F)c(Cl)c1)c1ccccc1. The van der Waals surface area contributed by atoms with Gasteiger partial charge >= 0.3 is 0 Å². The van der Waals surface area contributed by atoms with Crippen LogP contribution >= 0.6 is 27.5 Å². The first kappa shape index (κ1) is 16.0. The number of rotatable bonds is 4. The summed E-state index contributed by atoms with van der Waals surface area (Å²) in [5, 5.41) is 3.43. The molecule has 5 heteroatoms. The van der Waals surface area contributed by atoms with E-state index in [2.05, 4.69) is 21.2 Å². The molecular weight excluding hydrogens is 357 g/mol. The van der Waals surface area contributed by atoms with Crippen molar-refractivity contribution in [1.29, 1.82) is 0 Å². The summed E-state index contributed by atoms with van der Waals surface area (Å²) >= 11 is 9.15. The van der Waals surface area contributed by atoms with Gasteiger partial charge < -0.3 is 5.32 Å². The van der Waals surface area contributed by atoms with E-state index in [1.807, 2.05) is 37.3 Å². The lowest BCUT2D eigenvalue weighted by Crippen LogP contribution is -2.44. The average molecular weight is 371 g/mol. The third-order valence-electron chi connectivity index (χ3n) is 3.25. The molecule has 2 nitrogen and oxygen atoms in total. The predicted molar refractivity (Wildman–Crippen MR) is 86.5 cm³/mol. The van der Waals surface area contributed by atoms with Crippen LogP contribution in [0, 0.1) is 5.82 Å². The maximum absolute atomic E-state index is 13.2. The zero-order valence-corrected chi connectivity index (χ0v) is 13.7. The van der Waals surface area contributed by atoms with E-state index in [0.29, 0.717) is 10.9 Å². The van der Waals surface area contributed by atoms with Gasteiger partial charge in [0.1, 0.15) is 5.82 Å². The van der Waals surface area contributed by atoms with Crippen molar-refractivity contribution in [2.45, 2.75) is 12.5 Å². The molecule has 21 heavy (non-hydrogen) atoms. The van der Waals surface area contributed by atoms with Crippen LogP contribution in [0.15, 0.2) is 48.5 Å². The minimum absolute atomic E-state index is 0.0668. The van der Waals surface area contributed by atoms with Gasteiger partial charge in [0.15, 0.2) is 0 Å². The molecule has 0 fully saturated rings. The smallest absolute Gasteiger partial charge is 0.252 e. The van der Waals surface area contributed by atoms with Crippen molar-refractivity contribution in [3.8, 4) is 0 Å². The Balaban J connectivity index is 2.26. The highest BCUT2D eigenvalue weighted by Gasteiger charge is 2.27. The second-order valence-corrected chi connectivity index (χ2v) is 5.88. The average Bonchev–Trinajstić information content (AvgIpc) is 2.50. The monoisotopic (exact) mass is 369 g/mol. The van der Waals surface area contributed by atoms with E-state index >= 15 is 0 Å². The summed E-state index contributed by atoms with van der Waals surface area (Å²) in [6.07, 6.45) is 0. The fourth-order valence-electron chi connectivity index (χ4n) is 1.95. The van der Waals surface area contributed by atoms with Crippen LogP contribution in [-0.4, -0.2) is 11.2 Å². The van der Waals surface area contributed by atoms with E-state index in [4.69, 9.17) is 11.6 Å². The van der Waals surface area contributed by atoms with Crippen molar-refractivity contribution in [3.63, 3.8) is 0 Å². The van der Waals surface area contributed by atoms with Gasteiger partial charge in [0.25, 0.3) is 5.91 Å². The quantitative estimate of drug-likeness (QED) is 0.788. The molecule has 1 unspecified atom stereocenters. The molecular formula is C16H14BrClFNO. The Morgan fingerprint density at radius 1 is 1.29 bits per heavy atom. The molecule has 0 saturated heterocycles. The van der Waals surface area contributed by atoms with Gasteiger partial charge in [0.2, 0.25) is 0 Å². The number of halogens is 3. The number of amides is 1. The second kappa shape index (κ2) is 6.58. The van der Waals surface area contributed by atoms with E-state index in [9.17, 15) is 9.18 Å². The Labute approximate surface area is 136 Å². The fraction of sp³-hybridized carbons (Fsp3) is 0.188. The Hall–Kier alpha value is -1.39. The van der Waals surface area contributed by atoms with Crippen LogP contribution in [0.5, 0.6) is 0 Å². The highest BCUT2D eigenvalue weighted by molar-refractivity contribution is 9.09. The summed E-state index contributed by atoms with van der Waals surface area (Å²) < 4.78 is 13.2. The summed E-state index contributed by atoms with van der Waals surface area (Å²) in [6, 6.07) is 13.6. The van der Waals surface area contributed by atoms with Gasteiger partial charge in [0.05, 0.1) is 10.6 Å². The largest absolute Gasteiger partial charge is 0.342 e. The molecule has 1 N–H and O–H groups in total. The summed E-state index contributed by atoms with van der Waals surface area (Å²) in [6.45, 7) is 1.92. The third-order valence-corrected chi connectivity index (χ3v) is 4.66. The standard InChI is InChI=1S/C16H14BrClFNO/c1-16(10-17,12-5-3-2-4-6-12)20-15(21)11-7-8-14(19)13(18)9-11/h2-9H,10H2,1H3,(H,20,21). The molecule has 0 aliphatic heterocycles. The topological polar surface area (TPSA) is 29.1 Å². The third kappa shape index (κ3) is 3.63. The van der Waals surface area contributed by atoms with E-state index in [1.54, 1.807) is 0 Å². The fourth-order valence-corrected chi connectivity index (χ4v) is 2.59. The Morgan fingerprint density at radius 2 is 1.95 bits per heavy atom. The van der Waals surface area contributed by atoms with Crippen molar-refractivity contribution in [2.75, 3.05) is 5.33 Å². The van der Waals surface area contributed by atoms with Gasteiger partial charge in [-0.1, -0.05) is 57.9 Å². The van der Waals surface area contributed by atoms with Gasteiger partial charge in [-0.3, -0.25) is 4.79 Å². The first-order chi connectivity index (χ1) is 9.96. The van der Waals surface area contributed by atoms with Crippen molar-refractivity contribution in [2.24, 2.45) is 0 Å². The zero-order valence-electron chi connectivity index (χ0n) is 11.4. The van der Waals surface area contributed by atoms with Crippen molar-refractivity contribution in [1.82, 2.24) is 5.32 Å². The zero-order chi connectivity index (χ0) is 15.5. The molecule has 0 saturated carbocycles. The lowest BCUT2D eigenvalue weighted by atomic mass is 9.94. The Kier molecular flexibility index (Phi) is 5.01. The minimum Gasteiger partial charge on any atom is -0.342 e. The maximum atomic E-state index is 13.2. The summed E-state index contributed by atoms with van der Waals surface area (Å²) in [5.41, 5.74) is 0.729. The van der Waals surface area contributed by atoms with Crippen molar-refractivity contribution >= 4 is 33.4 Å². The number of nitrogens with one attached hydrogen (secondary N) is 1. The molecule has 0 heterocycles. The van der Waals surface area contributed by atoms with Crippen LogP contribution in [0.2, 0.25) is 5.02 Å². The van der Waals surface area contributed by atoms with Crippen LogP contribution in [0.1, 0.15) is 22.8 Å². The van der Waals surface area contributed by atoms with Crippen molar-refractivity contribution in [3.05, 3.63) is 70.5 Å². The normalized spacial score (nSPS) is 13.5. The van der Waals surface area contributed by atoms with E-state index < -0.39 is 11.4 Å². The van der Waals surface area contributed by atoms with Gasteiger partial charge in [-0.15, -0.1) is 0 Å². The van der Waals surface area contributed by atoms with Crippen LogP contribution in [-0.2, 0) is 5.54 Å². The predicted octanol–water partition coefficient (Wildman–Crippen LogP) is 4.52. The molecule has 2 aromatic rings. The van der Waals surface area contributed by atoms with Gasteiger partial charge in [0, 0.05) is 10.9 Å². The van der Waals surface area contributed by atoms with E-state index in [0.717, 1.165) is 5.56 Å². The van der Waals surface area contributed by atoms with Crippen molar-refractivity contribution < 1.29 is 9.18 Å². The van der Waals surface area contributed by atoms with E-state index in [1.165, 1.54) is 18.2 Å². The number of hydrogen-bond donors (Lipinski definition) is 1. The first-order valence-electron chi connectivity index (χ1n) is 6.35. The highest BCUT2D eigenvalue weighted by atomic mass is 79.9. The van der Waals surface area contributed by atoms with Gasteiger partial charge in [-0.2, -0.15) is 0 Å². The molecule has 0 bridgehead atoms. The lowest BCUT2D eigenvalue weighted by Gasteiger charge is -2.29. The molecule has 2 aromatic carbocycles. The molecule has 110 valence electrons. The van der Waals surface area contributed by atoms with Crippen LogP contribution in [0.4, 0.5) is 4.39 Å². The number of carbonyl (C=O) groups excluding carboxylic acids is 1. The molecule has 1 atom stereocenters. The lowest BCUT2D eigenvalue weighted by molar-refractivity contribution is 0.0914. The maximum Gasteiger partial charge on any atom is 0.252 e. The van der Waals surface area contributed by atoms with Gasteiger partial charge in [-0.05, 0) is 30.7 Å². The molecule has 1 amide bonds. The number of carbonyl (C=O) groups is 1. The molecule has 2 rings (SSSR count). The summed E-state index contributed by atoms with van der Waals surface area (Å²) in [4.78, 5) is 12.3. The highest BCUT2D eigenvalue weighted by Crippen LogP contribution is 2.24. The Morgan fingerprint density at radius 3 is 2.52 bits per heavy atom. The van der Waals surface area contributed by atoms with Crippen LogP contribution in [0.25, 0.3) is 0 Å². The Bertz CT molecular complexity index is 650. The van der Waals surface area contributed by atoms with Gasteiger partial charge in [-0.25, -0.2) is 4.39 Å². The van der Waals surface area contributed by atoms with Crippen LogP contribution < -0.4 is 5.32 Å². The number of benzene rings is 2. The summed E-state index contributed by atoms with van der Waals surface area (Å²) in [5.74, 6) is -0.845. The number of hydrogen-bond acceptors (Lipinski definition) is 1. The van der Waals surface area contributed by atoms with Crippen LogP contribution in [0.3, 0.4) is 0 Å². The van der Waals surface area contributed by atoms with E-state index in [-0.39, 0.29) is 10.9 Å². The molecule has 0 aliphatic rings. The molecule has 0 radical (unpaired) electrons. The number of alkyl halides is 1. The molecule has 0 spiro atoms. The first-order valence-corrected chi connectivity index (χ1v) is 7.85. The molecule has 0 aliphatic carbocycles. The minimum atomic E-state index is -0.570. The molecule has 0 aromatic heterocycles. The second-order valence-electron chi connectivity index (χ2n) is 4.91. The summed E-state index contributed by atoms with van der Waals surface area (Å²) in [7, 11) is 0.